The molecule has 2 amide bonds. The number of nitrogens with zero attached hydrogens (tertiary/aromatic N) is 6. The number of nitro groups is 1. The van der Waals surface area contributed by atoms with Gasteiger partial charge >= 0.3 is 6.09 Å². The Kier molecular flexibility index (Phi) is 9.51. The second-order valence-corrected chi connectivity index (χ2v) is 11.0. The lowest BCUT2D eigenvalue weighted by Crippen LogP contribution is -2.42. The van der Waals surface area contributed by atoms with Crippen LogP contribution in [0.2, 0.25) is 0 Å². The molecule has 1 aromatic carbocycles. The summed E-state index contributed by atoms with van der Waals surface area (Å²) in [7, 11) is 0. The Morgan fingerprint density at radius 1 is 1.18 bits per heavy atom. The number of hydrogen-bond acceptors (Lipinski definition) is 12. The van der Waals surface area contributed by atoms with Gasteiger partial charge in [-0.3, -0.25) is 19.5 Å². The number of aliphatic hydroxyl groups excluding tert-OH is 2. The lowest BCUT2D eigenvalue weighted by molar-refractivity contribution is -0.384. The number of nitrogens with two attached hydrogens (primary N) is 1. The Hall–Kier alpha value is -4.41. The number of non-ortho nitro benzene ring substituents is 1. The van der Waals surface area contributed by atoms with Gasteiger partial charge in [-0.1, -0.05) is 0 Å². The third-order valence-corrected chi connectivity index (χ3v) is 8.01. The van der Waals surface area contributed by atoms with Gasteiger partial charge in [0, 0.05) is 38.2 Å². The normalized spacial score (nSPS) is 22.3. The number of anilines is 1. The number of amides is 2. The smallest absolute Gasteiger partial charge is 0.410 e. The molecular formula is C28H36N8O8. The van der Waals surface area contributed by atoms with E-state index in [0.717, 1.165) is 25.7 Å². The van der Waals surface area contributed by atoms with E-state index in [-0.39, 0.29) is 18.1 Å². The van der Waals surface area contributed by atoms with Gasteiger partial charge in [0.15, 0.2) is 23.8 Å². The summed E-state index contributed by atoms with van der Waals surface area (Å²) in [6, 6.07) is 5.90. The highest BCUT2D eigenvalue weighted by Crippen LogP contribution is 2.32. The molecule has 4 heterocycles. The van der Waals surface area contributed by atoms with Crippen LogP contribution in [-0.4, -0.2) is 89.5 Å². The highest BCUT2D eigenvalue weighted by Gasteiger charge is 2.47. The van der Waals surface area contributed by atoms with Crippen LogP contribution in [0, 0.1) is 16.0 Å². The zero-order chi connectivity index (χ0) is 31.4. The summed E-state index contributed by atoms with van der Waals surface area (Å²) in [5, 5.41) is 34.4. The lowest BCUT2D eigenvalue weighted by Gasteiger charge is -2.31. The molecule has 0 bridgehead atoms. The Bertz CT molecular complexity index is 1490. The third-order valence-electron chi connectivity index (χ3n) is 8.01. The predicted octanol–water partition coefficient (Wildman–Crippen LogP) is 1.44. The van der Waals surface area contributed by atoms with Crippen molar-refractivity contribution in [3.8, 4) is 0 Å². The number of nitro benzene ring substituents is 1. The summed E-state index contributed by atoms with van der Waals surface area (Å²) in [4.78, 5) is 50.0. The predicted molar refractivity (Wildman–Crippen MR) is 155 cm³/mol. The molecule has 16 heteroatoms. The van der Waals surface area contributed by atoms with Crippen LogP contribution in [0.15, 0.2) is 30.6 Å². The van der Waals surface area contributed by atoms with Crippen molar-refractivity contribution in [1.29, 1.82) is 0 Å². The average Bonchev–Trinajstić information content (AvgIpc) is 3.57. The molecule has 0 unspecified atom stereocenters. The van der Waals surface area contributed by atoms with Gasteiger partial charge in [0.1, 0.15) is 30.2 Å². The van der Waals surface area contributed by atoms with Crippen LogP contribution in [0.4, 0.5) is 16.3 Å². The number of likely N-dealkylation sites (tertiary alicyclic amines) is 1. The van der Waals surface area contributed by atoms with Crippen molar-refractivity contribution in [1.82, 2.24) is 29.7 Å². The summed E-state index contributed by atoms with van der Waals surface area (Å²) in [5.74, 6) is 0.566. The van der Waals surface area contributed by atoms with Crippen molar-refractivity contribution < 1.29 is 34.2 Å². The number of rotatable bonds is 10. The highest BCUT2D eigenvalue weighted by atomic mass is 16.6. The highest BCUT2D eigenvalue weighted by molar-refractivity contribution is 5.83. The molecular weight excluding hydrogens is 576 g/mol. The van der Waals surface area contributed by atoms with E-state index in [4.69, 9.17) is 15.2 Å². The topological polar surface area (TPSA) is 221 Å². The molecule has 16 nitrogen and oxygen atoms in total. The summed E-state index contributed by atoms with van der Waals surface area (Å²) in [6.07, 6.45) is -0.267. The number of imidazole rings is 1. The SMILES string of the molecule is CCNC(=O)[C@H]1O[C@@H](n2cnc3c(N)nc(CCCC4CCN(C(=O)OCc5ccc([N+](=O)[O-])cc5)CC4)nc32)[C@H](O)[C@@H]1O. The van der Waals surface area contributed by atoms with Crippen LogP contribution in [0.1, 0.15) is 50.2 Å². The van der Waals surface area contributed by atoms with Crippen molar-refractivity contribution in [3.63, 3.8) is 0 Å². The van der Waals surface area contributed by atoms with Gasteiger partial charge in [-0.25, -0.2) is 19.7 Å². The van der Waals surface area contributed by atoms with Gasteiger partial charge < -0.3 is 35.6 Å². The molecule has 0 saturated carbocycles. The molecule has 2 aliphatic rings. The zero-order valence-electron chi connectivity index (χ0n) is 24.2. The van der Waals surface area contributed by atoms with Crippen molar-refractivity contribution in [2.75, 3.05) is 25.4 Å². The number of aryl methyl sites for hydroxylation is 1. The summed E-state index contributed by atoms with van der Waals surface area (Å²) in [6.45, 7) is 3.29. The van der Waals surface area contributed by atoms with E-state index in [2.05, 4.69) is 20.3 Å². The summed E-state index contributed by atoms with van der Waals surface area (Å²) >= 11 is 0. The number of nitrogen functional groups attached to an aromatic ring is 1. The largest absolute Gasteiger partial charge is 0.445 e. The van der Waals surface area contributed by atoms with Crippen LogP contribution >= 0.6 is 0 Å². The van der Waals surface area contributed by atoms with E-state index in [1.54, 1.807) is 24.0 Å². The van der Waals surface area contributed by atoms with Crippen molar-refractivity contribution in [3.05, 3.63) is 52.1 Å². The fourth-order valence-corrected chi connectivity index (χ4v) is 5.57. The molecule has 2 saturated heterocycles. The van der Waals surface area contributed by atoms with Crippen LogP contribution in [0.25, 0.3) is 11.2 Å². The molecule has 0 aliphatic carbocycles. The van der Waals surface area contributed by atoms with Gasteiger partial charge in [-0.05, 0) is 56.2 Å². The molecule has 2 aliphatic heterocycles. The van der Waals surface area contributed by atoms with Crippen molar-refractivity contribution >= 4 is 34.7 Å². The van der Waals surface area contributed by atoms with Gasteiger partial charge in [0.2, 0.25) is 0 Å². The van der Waals surface area contributed by atoms with Gasteiger partial charge in [-0.15, -0.1) is 0 Å². The molecule has 3 aromatic rings. The standard InChI is InChI=1S/C28H36N8O8/c1-2-30-26(39)23-21(37)22(38)27(44-23)35-15-31-20-24(29)32-19(33-25(20)35)5-3-4-16-10-12-34(13-11-16)28(40)43-14-17-6-8-18(9-7-17)36(41)42/h6-9,15-16,21-23,27,37-38H,2-5,10-14H2,1H3,(H,30,39)(H2,29,32,33)/t21-,22+,23-,27+/m0/s1. The van der Waals surface area contributed by atoms with E-state index in [9.17, 15) is 29.9 Å². The fraction of sp³-hybridized carbons (Fsp3) is 0.536. The Balaban J connectivity index is 1.11. The number of aliphatic hydroxyl groups is 2. The number of benzene rings is 1. The van der Waals surface area contributed by atoms with E-state index < -0.39 is 41.5 Å². The molecule has 0 radical (unpaired) electrons. The monoisotopic (exact) mass is 612 g/mol. The van der Waals surface area contributed by atoms with Gasteiger partial charge in [0.05, 0.1) is 11.3 Å². The maximum Gasteiger partial charge on any atom is 0.410 e. The number of piperidine rings is 1. The van der Waals surface area contributed by atoms with Crippen molar-refractivity contribution in [2.24, 2.45) is 5.92 Å². The molecule has 236 valence electrons. The van der Waals surface area contributed by atoms with Crippen molar-refractivity contribution in [2.45, 2.75) is 70.2 Å². The molecule has 4 atom stereocenters. The minimum absolute atomic E-state index is 0.0175. The summed E-state index contributed by atoms with van der Waals surface area (Å²) in [5.41, 5.74) is 7.49. The number of aromatic nitrogens is 4. The number of hydrogen-bond donors (Lipinski definition) is 4. The number of carbonyl (C=O) groups excluding carboxylic acids is 2. The van der Waals surface area contributed by atoms with E-state index in [0.29, 0.717) is 54.5 Å². The van der Waals surface area contributed by atoms with Gasteiger partial charge in [0.25, 0.3) is 11.6 Å². The first-order valence-electron chi connectivity index (χ1n) is 14.6. The Morgan fingerprint density at radius 2 is 1.91 bits per heavy atom. The van der Waals surface area contributed by atoms with E-state index in [1.807, 2.05) is 0 Å². The second kappa shape index (κ2) is 13.5. The van der Waals surface area contributed by atoms with Crippen LogP contribution < -0.4 is 11.1 Å². The quantitative estimate of drug-likeness (QED) is 0.189. The van der Waals surface area contributed by atoms with E-state index in [1.165, 1.54) is 23.0 Å². The maximum absolute atomic E-state index is 12.5. The van der Waals surface area contributed by atoms with Crippen LogP contribution in [-0.2, 0) is 27.3 Å². The zero-order valence-corrected chi connectivity index (χ0v) is 24.2. The Morgan fingerprint density at radius 3 is 2.59 bits per heavy atom. The third kappa shape index (κ3) is 6.71. The number of nitrogens with one attached hydrogen (secondary N) is 1. The van der Waals surface area contributed by atoms with Crippen LogP contribution in [0.3, 0.4) is 0 Å². The maximum atomic E-state index is 12.5. The molecule has 0 spiro atoms. The van der Waals surface area contributed by atoms with Crippen LogP contribution in [0.5, 0.6) is 0 Å². The first-order chi connectivity index (χ1) is 21.2. The minimum Gasteiger partial charge on any atom is -0.445 e. The van der Waals surface area contributed by atoms with Gasteiger partial charge in [-0.2, -0.15) is 0 Å². The molecule has 5 N–H and O–H groups in total. The number of carbonyl (C=O) groups is 2. The number of likely N-dealkylation sites (N-methyl/N-ethyl adjacent to an activating group) is 1. The first-order valence-corrected chi connectivity index (χ1v) is 14.6. The molecule has 2 aromatic heterocycles. The average molecular weight is 613 g/mol. The lowest BCUT2D eigenvalue weighted by atomic mass is 9.91. The summed E-state index contributed by atoms with van der Waals surface area (Å²) < 4.78 is 12.6. The number of fused-ring (bicyclic) bond motifs is 1. The minimum atomic E-state index is -1.43. The fourth-order valence-electron chi connectivity index (χ4n) is 5.57. The Labute approximate surface area is 252 Å². The number of ether oxygens (including phenoxy) is 2. The molecule has 5 rings (SSSR count). The van der Waals surface area contributed by atoms with E-state index >= 15 is 0 Å². The first kappa shape index (κ1) is 31.0. The molecule has 2 fully saturated rings. The second-order valence-electron chi connectivity index (χ2n) is 11.0. The molecule has 44 heavy (non-hydrogen) atoms.